The van der Waals surface area contributed by atoms with E-state index in [0.29, 0.717) is 13.2 Å². The van der Waals surface area contributed by atoms with Crippen molar-refractivity contribution < 1.29 is 18.8 Å². The first kappa shape index (κ1) is 15.5. The average Bonchev–Trinajstić information content (AvgIpc) is 2.68. The number of morpholine rings is 1. The summed E-state index contributed by atoms with van der Waals surface area (Å²) in [4.78, 5) is 13.6. The molecule has 2 heterocycles. The van der Waals surface area contributed by atoms with E-state index < -0.39 is 0 Å². The zero-order valence-corrected chi connectivity index (χ0v) is 13.6. The minimum Gasteiger partial charge on any atom is -0.399 e. The molecule has 0 saturated carbocycles. The van der Waals surface area contributed by atoms with Gasteiger partial charge in [0.25, 0.3) is 5.91 Å². The van der Waals surface area contributed by atoms with E-state index in [1.54, 1.807) is 4.90 Å². The molecule has 118 valence electrons. The van der Waals surface area contributed by atoms with Gasteiger partial charge in [0.2, 0.25) is 0 Å². The number of anilines is 1. The first-order chi connectivity index (χ1) is 10.3. The third-order valence-corrected chi connectivity index (χ3v) is 4.72. The van der Waals surface area contributed by atoms with Crippen LogP contribution in [0.25, 0.3) is 0 Å². The Kier molecular flexibility index (Phi) is 3.79. The standard InChI is InChI=1S/C16H22BNO4/c1-15(2)16(3,4)22-17(21-15)12-5-7-13(8-6-12)18-9-10-20-11-14(18)19/h5-8H,9-11H2,1-4H3. The normalized spacial score (nSPS) is 23.9. The molecule has 0 unspecified atom stereocenters. The number of hydrogen-bond acceptors (Lipinski definition) is 4. The lowest BCUT2D eigenvalue weighted by Gasteiger charge is -2.32. The van der Waals surface area contributed by atoms with E-state index in [9.17, 15) is 4.79 Å². The van der Waals surface area contributed by atoms with Crippen LogP contribution in [-0.4, -0.2) is 44.0 Å². The number of carbonyl (C=O) groups is 1. The number of amides is 1. The summed E-state index contributed by atoms with van der Waals surface area (Å²) < 4.78 is 17.2. The second kappa shape index (κ2) is 5.37. The highest BCUT2D eigenvalue weighted by atomic mass is 16.7. The molecular weight excluding hydrogens is 281 g/mol. The van der Waals surface area contributed by atoms with Crippen molar-refractivity contribution in [3.8, 4) is 0 Å². The first-order valence-corrected chi connectivity index (χ1v) is 7.64. The summed E-state index contributed by atoms with van der Waals surface area (Å²) >= 11 is 0. The van der Waals surface area contributed by atoms with Gasteiger partial charge in [-0.1, -0.05) is 12.1 Å². The fourth-order valence-electron chi connectivity index (χ4n) is 2.58. The molecule has 2 saturated heterocycles. The Morgan fingerprint density at radius 2 is 1.64 bits per heavy atom. The van der Waals surface area contributed by atoms with Crippen molar-refractivity contribution in [2.45, 2.75) is 38.9 Å². The molecule has 0 aromatic heterocycles. The van der Waals surface area contributed by atoms with Crippen LogP contribution in [0.3, 0.4) is 0 Å². The zero-order chi connectivity index (χ0) is 16.0. The molecule has 0 spiro atoms. The zero-order valence-electron chi connectivity index (χ0n) is 13.6. The van der Waals surface area contributed by atoms with Crippen LogP contribution >= 0.6 is 0 Å². The van der Waals surface area contributed by atoms with Crippen LogP contribution in [0, 0.1) is 0 Å². The number of rotatable bonds is 2. The maximum atomic E-state index is 11.9. The predicted molar refractivity (Wildman–Crippen MR) is 85.3 cm³/mol. The summed E-state index contributed by atoms with van der Waals surface area (Å²) in [6.07, 6.45) is 0. The molecule has 0 radical (unpaired) electrons. The molecule has 1 aromatic carbocycles. The van der Waals surface area contributed by atoms with Gasteiger partial charge in [-0.25, -0.2) is 0 Å². The molecule has 0 atom stereocenters. The highest BCUT2D eigenvalue weighted by molar-refractivity contribution is 6.62. The third-order valence-electron chi connectivity index (χ3n) is 4.72. The average molecular weight is 303 g/mol. The largest absolute Gasteiger partial charge is 0.494 e. The van der Waals surface area contributed by atoms with E-state index in [-0.39, 0.29) is 30.8 Å². The summed E-state index contributed by atoms with van der Waals surface area (Å²) in [5.74, 6) is -0.00497. The highest BCUT2D eigenvalue weighted by Gasteiger charge is 2.51. The molecule has 6 heteroatoms. The maximum Gasteiger partial charge on any atom is 0.494 e. The monoisotopic (exact) mass is 303 g/mol. The van der Waals surface area contributed by atoms with Gasteiger partial charge < -0.3 is 18.9 Å². The van der Waals surface area contributed by atoms with Gasteiger partial charge in [0.1, 0.15) is 6.61 Å². The van der Waals surface area contributed by atoms with E-state index >= 15 is 0 Å². The molecule has 1 aromatic rings. The van der Waals surface area contributed by atoms with Gasteiger partial charge in [0, 0.05) is 12.2 Å². The SMILES string of the molecule is CC1(C)OB(c2ccc(N3CCOCC3=O)cc2)OC1(C)C. The molecule has 1 amide bonds. The third kappa shape index (κ3) is 2.66. The molecule has 2 aliphatic rings. The molecule has 0 N–H and O–H groups in total. The molecular formula is C16H22BNO4. The van der Waals surface area contributed by atoms with Crippen LogP contribution in [0.5, 0.6) is 0 Å². The molecule has 0 aliphatic carbocycles. The fourth-order valence-corrected chi connectivity index (χ4v) is 2.58. The second-order valence-electron chi connectivity index (χ2n) is 6.78. The van der Waals surface area contributed by atoms with Crippen LogP contribution in [0.1, 0.15) is 27.7 Å². The molecule has 0 bridgehead atoms. The Morgan fingerprint density at radius 3 is 2.18 bits per heavy atom. The van der Waals surface area contributed by atoms with Crippen molar-refractivity contribution in [2.75, 3.05) is 24.7 Å². The number of hydrogen-bond donors (Lipinski definition) is 0. The van der Waals surface area contributed by atoms with Crippen LogP contribution in [-0.2, 0) is 18.8 Å². The molecule has 5 nitrogen and oxygen atoms in total. The maximum absolute atomic E-state index is 11.9. The van der Waals surface area contributed by atoms with Gasteiger partial charge in [0.05, 0.1) is 17.8 Å². The van der Waals surface area contributed by atoms with Gasteiger partial charge in [-0.2, -0.15) is 0 Å². The molecule has 2 aliphatic heterocycles. The van der Waals surface area contributed by atoms with Crippen molar-refractivity contribution in [1.29, 1.82) is 0 Å². The summed E-state index contributed by atoms with van der Waals surface area (Å²) in [5.41, 5.74) is 1.14. The number of carbonyl (C=O) groups excluding carboxylic acids is 1. The lowest BCUT2D eigenvalue weighted by molar-refractivity contribution is -0.125. The van der Waals surface area contributed by atoms with E-state index in [0.717, 1.165) is 11.2 Å². The Labute approximate surface area is 131 Å². The minimum absolute atomic E-state index is 0.00497. The molecule has 2 fully saturated rings. The van der Waals surface area contributed by atoms with E-state index in [1.165, 1.54) is 0 Å². The highest BCUT2D eigenvalue weighted by Crippen LogP contribution is 2.36. The summed E-state index contributed by atoms with van der Waals surface area (Å²) in [7, 11) is -0.376. The van der Waals surface area contributed by atoms with Gasteiger partial charge >= 0.3 is 7.12 Å². The van der Waals surface area contributed by atoms with Gasteiger partial charge in [-0.15, -0.1) is 0 Å². The number of benzene rings is 1. The van der Waals surface area contributed by atoms with E-state index in [1.807, 2.05) is 52.0 Å². The predicted octanol–water partition coefficient (Wildman–Crippen LogP) is 1.35. The van der Waals surface area contributed by atoms with Crippen LogP contribution in [0.15, 0.2) is 24.3 Å². The van der Waals surface area contributed by atoms with Crippen molar-refractivity contribution in [3.63, 3.8) is 0 Å². The Bertz CT molecular complexity index is 554. The topological polar surface area (TPSA) is 48.0 Å². The number of ether oxygens (including phenoxy) is 1. The second-order valence-corrected chi connectivity index (χ2v) is 6.78. The van der Waals surface area contributed by atoms with Gasteiger partial charge in [-0.3, -0.25) is 4.79 Å². The Hall–Kier alpha value is -1.37. The van der Waals surface area contributed by atoms with Crippen LogP contribution < -0.4 is 10.4 Å². The van der Waals surface area contributed by atoms with Gasteiger partial charge in [-0.05, 0) is 45.3 Å². The lowest BCUT2D eigenvalue weighted by Crippen LogP contribution is -2.42. The van der Waals surface area contributed by atoms with E-state index in [4.69, 9.17) is 14.0 Å². The van der Waals surface area contributed by atoms with Crippen molar-refractivity contribution in [1.82, 2.24) is 0 Å². The minimum atomic E-state index is -0.376. The first-order valence-electron chi connectivity index (χ1n) is 7.64. The van der Waals surface area contributed by atoms with Gasteiger partial charge in [0.15, 0.2) is 0 Å². The number of nitrogens with zero attached hydrogens (tertiary/aromatic N) is 1. The Morgan fingerprint density at radius 1 is 1.05 bits per heavy atom. The summed E-state index contributed by atoms with van der Waals surface area (Å²) in [5, 5.41) is 0. The van der Waals surface area contributed by atoms with Crippen molar-refractivity contribution in [3.05, 3.63) is 24.3 Å². The van der Waals surface area contributed by atoms with E-state index in [2.05, 4.69) is 0 Å². The summed E-state index contributed by atoms with van der Waals surface area (Å²) in [6.45, 7) is 9.46. The fraction of sp³-hybridized carbons (Fsp3) is 0.562. The summed E-state index contributed by atoms with van der Waals surface area (Å²) in [6, 6.07) is 7.79. The molecule has 3 rings (SSSR count). The van der Waals surface area contributed by atoms with Crippen molar-refractivity contribution >= 4 is 24.2 Å². The van der Waals surface area contributed by atoms with Crippen LogP contribution in [0.2, 0.25) is 0 Å². The quantitative estimate of drug-likeness (QED) is 0.774. The Balaban J connectivity index is 1.76. The van der Waals surface area contributed by atoms with Crippen LogP contribution in [0.4, 0.5) is 5.69 Å². The lowest BCUT2D eigenvalue weighted by atomic mass is 9.79. The molecule has 22 heavy (non-hydrogen) atoms. The smallest absolute Gasteiger partial charge is 0.399 e. The van der Waals surface area contributed by atoms with Crippen molar-refractivity contribution in [2.24, 2.45) is 0 Å².